The van der Waals surface area contributed by atoms with E-state index in [0.29, 0.717) is 9.35 Å². The number of sulfone groups is 1. The quantitative estimate of drug-likeness (QED) is 0.876. The second-order valence-electron chi connectivity index (χ2n) is 3.41. The van der Waals surface area contributed by atoms with Gasteiger partial charge in [0.05, 0.1) is 21.8 Å². The molecule has 7 heteroatoms. The number of rotatable bonds is 3. The van der Waals surface area contributed by atoms with Crippen LogP contribution in [-0.4, -0.2) is 13.4 Å². The summed E-state index contributed by atoms with van der Waals surface area (Å²) in [5, 5.41) is 0. The van der Waals surface area contributed by atoms with Crippen LogP contribution in [0.3, 0.4) is 0 Å². The van der Waals surface area contributed by atoms with E-state index in [1.807, 2.05) is 0 Å². The van der Waals surface area contributed by atoms with Gasteiger partial charge < -0.3 is 5.73 Å². The van der Waals surface area contributed by atoms with Crippen molar-refractivity contribution in [3.63, 3.8) is 0 Å². The molecule has 0 fully saturated rings. The summed E-state index contributed by atoms with van der Waals surface area (Å²) in [6.07, 6.45) is 1.55. The highest BCUT2D eigenvalue weighted by atomic mass is 79.9. The van der Waals surface area contributed by atoms with E-state index in [1.165, 1.54) is 17.4 Å². The summed E-state index contributed by atoms with van der Waals surface area (Å²) < 4.78 is 25.0. The third kappa shape index (κ3) is 2.85. The fourth-order valence-corrected chi connectivity index (χ4v) is 4.32. The first-order valence-corrected chi connectivity index (χ1v) is 7.97. The van der Waals surface area contributed by atoms with Crippen LogP contribution in [0.1, 0.15) is 4.88 Å². The molecule has 0 amide bonds. The molecule has 90 valence electrons. The molecule has 0 unspecified atom stereocenters. The van der Waals surface area contributed by atoms with E-state index in [0.717, 1.165) is 0 Å². The molecular formula is C10H9BrN2O2S2. The maximum absolute atomic E-state index is 12.2. The number of nitrogen functional groups attached to an aromatic ring is 1. The lowest BCUT2D eigenvalue weighted by Gasteiger charge is -2.06. The third-order valence-corrected chi connectivity index (χ3v) is 5.30. The first-order valence-electron chi connectivity index (χ1n) is 4.64. The lowest BCUT2D eigenvalue weighted by molar-refractivity contribution is 0.596. The van der Waals surface area contributed by atoms with Crippen molar-refractivity contribution < 1.29 is 8.42 Å². The summed E-state index contributed by atoms with van der Waals surface area (Å²) >= 11 is 4.55. The molecule has 0 saturated carbocycles. The summed E-state index contributed by atoms with van der Waals surface area (Å²) in [5.74, 6) is -0.0711. The number of benzene rings is 1. The minimum Gasteiger partial charge on any atom is -0.398 e. The summed E-state index contributed by atoms with van der Waals surface area (Å²) in [6.45, 7) is 0. The Balaban J connectivity index is 2.41. The van der Waals surface area contributed by atoms with Crippen LogP contribution in [0.4, 0.5) is 5.69 Å². The number of thiazole rings is 1. The Morgan fingerprint density at radius 3 is 2.82 bits per heavy atom. The molecule has 0 radical (unpaired) electrons. The zero-order valence-electron chi connectivity index (χ0n) is 8.63. The Morgan fingerprint density at radius 2 is 2.18 bits per heavy atom. The Hall–Kier alpha value is -0.920. The Labute approximate surface area is 112 Å². The van der Waals surface area contributed by atoms with Gasteiger partial charge in [-0.05, 0) is 18.2 Å². The number of nitrogens with two attached hydrogens (primary N) is 1. The lowest BCUT2D eigenvalue weighted by atomic mass is 10.3. The van der Waals surface area contributed by atoms with Crippen molar-refractivity contribution in [2.75, 3.05) is 5.73 Å². The highest BCUT2D eigenvalue weighted by Crippen LogP contribution is 2.26. The largest absolute Gasteiger partial charge is 0.398 e. The molecule has 0 saturated heterocycles. The van der Waals surface area contributed by atoms with Gasteiger partial charge in [-0.25, -0.2) is 8.42 Å². The molecule has 1 aromatic heterocycles. The maximum Gasteiger partial charge on any atom is 0.185 e. The van der Waals surface area contributed by atoms with Crippen molar-refractivity contribution in [3.05, 3.63) is 39.3 Å². The first-order chi connectivity index (χ1) is 7.99. The van der Waals surface area contributed by atoms with Crippen LogP contribution in [0, 0.1) is 0 Å². The molecule has 0 atom stereocenters. The summed E-state index contributed by atoms with van der Waals surface area (Å²) in [5.41, 5.74) is 7.56. The van der Waals surface area contributed by atoms with Gasteiger partial charge in [-0.15, -0.1) is 11.3 Å². The molecule has 0 bridgehead atoms. The van der Waals surface area contributed by atoms with Crippen molar-refractivity contribution in [1.29, 1.82) is 0 Å². The van der Waals surface area contributed by atoms with Gasteiger partial charge in [-0.3, -0.25) is 4.98 Å². The van der Waals surface area contributed by atoms with Gasteiger partial charge in [0.25, 0.3) is 0 Å². The summed E-state index contributed by atoms with van der Waals surface area (Å²) in [7, 11) is -3.42. The molecule has 0 aliphatic heterocycles. The number of anilines is 1. The molecule has 17 heavy (non-hydrogen) atoms. The fraction of sp³-hybridized carbons (Fsp3) is 0.100. The van der Waals surface area contributed by atoms with Crippen molar-refractivity contribution in [3.8, 4) is 0 Å². The molecule has 2 N–H and O–H groups in total. The van der Waals surface area contributed by atoms with E-state index in [1.54, 1.807) is 23.8 Å². The van der Waals surface area contributed by atoms with Crippen molar-refractivity contribution in [1.82, 2.24) is 4.98 Å². The maximum atomic E-state index is 12.2. The lowest BCUT2D eigenvalue weighted by Crippen LogP contribution is -2.07. The summed E-state index contributed by atoms with van der Waals surface area (Å²) in [4.78, 5) is 4.71. The second-order valence-corrected chi connectivity index (χ2v) is 7.25. The van der Waals surface area contributed by atoms with Crippen LogP contribution < -0.4 is 5.73 Å². The predicted octanol–water partition coefficient (Wildman–Crippen LogP) is 2.46. The van der Waals surface area contributed by atoms with Crippen LogP contribution >= 0.6 is 27.3 Å². The second kappa shape index (κ2) is 4.75. The minimum atomic E-state index is -3.42. The van der Waals surface area contributed by atoms with Gasteiger partial charge in [0, 0.05) is 15.5 Å². The monoisotopic (exact) mass is 332 g/mol. The van der Waals surface area contributed by atoms with Crippen LogP contribution in [0.25, 0.3) is 0 Å². The molecule has 2 rings (SSSR count). The van der Waals surface area contributed by atoms with E-state index in [-0.39, 0.29) is 16.3 Å². The zero-order chi connectivity index (χ0) is 12.5. The minimum absolute atomic E-state index is 0.0711. The van der Waals surface area contributed by atoms with E-state index < -0.39 is 9.84 Å². The van der Waals surface area contributed by atoms with E-state index in [2.05, 4.69) is 20.9 Å². The smallest absolute Gasteiger partial charge is 0.185 e. The van der Waals surface area contributed by atoms with Crippen LogP contribution in [0.15, 0.2) is 39.3 Å². The van der Waals surface area contributed by atoms with Gasteiger partial charge in [-0.2, -0.15) is 0 Å². The topological polar surface area (TPSA) is 73.1 Å². The normalized spacial score (nSPS) is 11.6. The Bertz CT molecular complexity index is 624. The summed E-state index contributed by atoms with van der Waals surface area (Å²) in [6, 6.07) is 4.80. The molecule has 0 aliphatic rings. The van der Waals surface area contributed by atoms with Crippen molar-refractivity contribution >= 4 is 42.8 Å². The van der Waals surface area contributed by atoms with Gasteiger partial charge in [0.15, 0.2) is 9.84 Å². The number of aromatic nitrogens is 1. The third-order valence-electron chi connectivity index (χ3n) is 2.13. The molecule has 2 aromatic rings. The highest BCUT2D eigenvalue weighted by Gasteiger charge is 2.19. The van der Waals surface area contributed by atoms with Crippen LogP contribution in [-0.2, 0) is 15.6 Å². The van der Waals surface area contributed by atoms with Gasteiger partial charge >= 0.3 is 0 Å². The zero-order valence-corrected chi connectivity index (χ0v) is 11.8. The van der Waals surface area contributed by atoms with E-state index >= 15 is 0 Å². The SMILES string of the molecule is Nc1ccc(Br)cc1S(=O)(=O)Cc1cncs1. The van der Waals surface area contributed by atoms with Gasteiger partial charge in [-0.1, -0.05) is 15.9 Å². The number of hydrogen-bond acceptors (Lipinski definition) is 5. The molecular weight excluding hydrogens is 324 g/mol. The van der Waals surface area contributed by atoms with Gasteiger partial charge in [0.2, 0.25) is 0 Å². The fourth-order valence-electron chi connectivity index (χ4n) is 1.36. The van der Waals surface area contributed by atoms with Crippen molar-refractivity contribution in [2.45, 2.75) is 10.6 Å². The number of nitrogens with zero attached hydrogens (tertiary/aromatic N) is 1. The van der Waals surface area contributed by atoms with Crippen LogP contribution in [0.2, 0.25) is 0 Å². The molecule has 4 nitrogen and oxygen atoms in total. The molecule has 0 aliphatic carbocycles. The average Bonchev–Trinajstić information content (AvgIpc) is 2.73. The van der Waals surface area contributed by atoms with Gasteiger partial charge in [0.1, 0.15) is 0 Å². The van der Waals surface area contributed by atoms with Crippen LogP contribution in [0.5, 0.6) is 0 Å². The predicted molar refractivity (Wildman–Crippen MR) is 71.6 cm³/mol. The highest BCUT2D eigenvalue weighted by molar-refractivity contribution is 9.10. The number of hydrogen-bond donors (Lipinski definition) is 1. The number of halogens is 1. The first kappa shape index (κ1) is 12.5. The standard InChI is InChI=1S/C10H9BrN2O2S2/c11-7-1-2-9(12)10(3-7)17(14,15)5-8-4-13-6-16-8/h1-4,6H,5,12H2. The van der Waals surface area contributed by atoms with E-state index in [4.69, 9.17) is 5.73 Å². The molecule has 0 spiro atoms. The average molecular weight is 333 g/mol. The molecule has 1 heterocycles. The van der Waals surface area contributed by atoms with Crippen molar-refractivity contribution in [2.24, 2.45) is 0 Å². The Kier molecular flexibility index (Phi) is 3.50. The molecule has 1 aromatic carbocycles. The Morgan fingerprint density at radius 1 is 1.41 bits per heavy atom. The van der Waals surface area contributed by atoms with E-state index in [9.17, 15) is 8.42 Å².